The quantitative estimate of drug-likeness (QED) is 0.377. The summed E-state index contributed by atoms with van der Waals surface area (Å²) >= 11 is 1.22. The highest BCUT2D eigenvalue weighted by Gasteiger charge is 2.16. The van der Waals surface area contributed by atoms with Crippen LogP contribution < -0.4 is 10.6 Å². The number of hydrogen-bond acceptors (Lipinski definition) is 6. The van der Waals surface area contributed by atoms with Gasteiger partial charge in [-0.25, -0.2) is 0 Å². The largest absolute Gasteiger partial charge is 0.348 e. The maximum absolute atomic E-state index is 12.7. The molecule has 0 spiro atoms. The van der Waals surface area contributed by atoms with E-state index in [4.69, 9.17) is 0 Å². The van der Waals surface area contributed by atoms with Gasteiger partial charge >= 0.3 is 0 Å². The number of amides is 2. The van der Waals surface area contributed by atoms with Crippen LogP contribution in [0.3, 0.4) is 0 Å². The first kappa shape index (κ1) is 23.2. The maximum atomic E-state index is 12.7. The number of aryl methyl sites for hydroxylation is 2. The highest BCUT2D eigenvalue weighted by molar-refractivity contribution is 7.99. The van der Waals surface area contributed by atoms with Gasteiger partial charge in [0.2, 0.25) is 11.1 Å². The van der Waals surface area contributed by atoms with Crippen molar-refractivity contribution in [1.82, 2.24) is 25.5 Å². The lowest BCUT2D eigenvalue weighted by Crippen LogP contribution is -2.25. The highest BCUT2D eigenvalue weighted by atomic mass is 32.2. The van der Waals surface area contributed by atoms with Crippen molar-refractivity contribution in [2.24, 2.45) is 0 Å². The number of carbonyl (C=O) groups is 2. The van der Waals surface area contributed by atoms with Crippen LogP contribution in [0.1, 0.15) is 27.0 Å². The Morgan fingerprint density at radius 2 is 1.74 bits per heavy atom. The fourth-order valence-electron chi connectivity index (χ4n) is 3.44. The van der Waals surface area contributed by atoms with E-state index in [9.17, 15) is 9.59 Å². The number of nitrogens with zero attached hydrogens (tertiary/aromatic N) is 4. The third kappa shape index (κ3) is 5.68. The van der Waals surface area contributed by atoms with Gasteiger partial charge in [0.1, 0.15) is 0 Å². The average molecular weight is 473 g/mol. The molecule has 0 aliphatic heterocycles. The highest BCUT2D eigenvalue weighted by Crippen LogP contribution is 2.22. The molecule has 9 heteroatoms. The van der Waals surface area contributed by atoms with Gasteiger partial charge in [0.25, 0.3) is 5.91 Å². The van der Waals surface area contributed by atoms with Crippen molar-refractivity contribution in [1.29, 1.82) is 0 Å². The van der Waals surface area contributed by atoms with Crippen molar-refractivity contribution >= 4 is 29.3 Å². The minimum absolute atomic E-state index is 0.0885. The van der Waals surface area contributed by atoms with Crippen LogP contribution in [0.5, 0.6) is 0 Å². The Bertz CT molecular complexity index is 1310. The standard InChI is InChI=1S/C25H24N6O2S/c1-17-12-13-22(18(2)14-17)31-25(28-29-30-31)34-16-23(32)27-21-11-7-6-10-20(21)24(33)26-15-19-8-4-3-5-9-19/h3-14H,15-16H2,1-2H3,(H,26,33)(H,27,32). The van der Waals surface area contributed by atoms with Crippen LogP contribution >= 0.6 is 11.8 Å². The van der Waals surface area contributed by atoms with Crippen molar-refractivity contribution in [2.75, 3.05) is 11.1 Å². The zero-order valence-corrected chi connectivity index (χ0v) is 19.7. The Morgan fingerprint density at radius 1 is 0.971 bits per heavy atom. The molecule has 0 unspecified atom stereocenters. The molecule has 0 saturated heterocycles. The molecule has 0 aliphatic rings. The maximum Gasteiger partial charge on any atom is 0.253 e. The second kappa shape index (κ2) is 10.8. The van der Waals surface area contributed by atoms with Crippen LogP contribution in [0.2, 0.25) is 0 Å². The molecular weight excluding hydrogens is 448 g/mol. The van der Waals surface area contributed by atoms with E-state index in [1.54, 1.807) is 28.9 Å². The molecule has 2 N–H and O–H groups in total. The van der Waals surface area contributed by atoms with E-state index >= 15 is 0 Å². The number of para-hydroxylation sites is 1. The molecule has 1 aromatic heterocycles. The molecule has 0 radical (unpaired) electrons. The van der Waals surface area contributed by atoms with Crippen LogP contribution in [0.4, 0.5) is 5.69 Å². The van der Waals surface area contributed by atoms with Crippen molar-refractivity contribution in [3.8, 4) is 5.69 Å². The van der Waals surface area contributed by atoms with Crippen LogP contribution in [-0.2, 0) is 11.3 Å². The van der Waals surface area contributed by atoms with E-state index in [1.807, 2.05) is 56.3 Å². The summed E-state index contributed by atoms with van der Waals surface area (Å²) in [4.78, 5) is 25.4. The minimum Gasteiger partial charge on any atom is -0.348 e. The van der Waals surface area contributed by atoms with Crippen LogP contribution in [0.15, 0.2) is 78.0 Å². The number of nitrogens with one attached hydrogen (secondary N) is 2. The number of thioether (sulfide) groups is 1. The van der Waals surface area contributed by atoms with Gasteiger partial charge in [-0.1, -0.05) is 71.9 Å². The summed E-state index contributed by atoms with van der Waals surface area (Å²) in [5, 5.41) is 18.1. The van der Waals surface area contributed by atoms with Crippen molar-refractivity contribution in [2.45, 2.75) is 25.5 Å². The smallest absolute Gasteiger partial charge is 0.253 e. The predicted octanol–water partition coefficient (Wildman–Crippen LogP) is 3.94. The predicted molar refractivity (Wildman–Crippen MR) is 132 cm³/mol. The molecule has 1 heterocycles. The van der Waals surface area contributed by atoms with Crippen molar-refractivity contribution < 1.29 is 9.59 Å². The van der Waals surface area contributed by atoms with Gasteiger partial charge in [0.15, 0.2) is 0 Å². The number of tetrazole rings is 1. The van der Waals surface area contributed by atoms with Gasteiger partial charge in [0, 0.05) is 6.54 Å². The molecule has 0 fully saturated rings. The van der Waals surface area contributed by atoms with Gasteiger partial charge in [-0.3, -0.25) is 9.59 Å². The van der Waals surface area contributed by atoms with E-state index in [1.165, 1.54) is 11.8 Å². The Morgan fingerprint density at radius 3 is 2.53 bits per heavy atom. The fourth-order valence-corrected chi connectivity index (χ4v) is 4.13. The van der Waals surface area contributed by atoms with Crippen molar-refractivity contribution in [3.05, 3.63) is 95.1 Å². The Hall–Kier alpha value is -3.98. The van der Waals surface area contributed by atoms with Gasteiger partial charge in [0.05, 0.1) is 22.7 Å². The summed E-state index contributed by atoms with van der Waals surface area (Å²) in [6, 6.07) is 22.6. The molecule has 0 bridgehead atoms. The Labute approximate surface area is 201 Å². The molecule has 8 nitrogen and oxygen atoms in total. The van der Waals surface area contributed by atoms with E-state index in [-0.39, 0.29) is 17.6 Å². The molecule has 4 rings (SSSR count). The lowest BCUT2D eigenvalue weighted by atomic mass is 10.1. The first-order chi connectivity index (χ1) is 16.5. The third-order valence-electron chi connectivity index (χ3n) is 5.10. The third-order valence-corrected chi connectivity index (χ3v) is 6.01. The molecule has 0 atom stereocenters. The number of benzene rings is 3. The average Bonchev–Trinajstić information content (AvgIpc) is 3.30. The van der Waals surface area contributed by atoms with E-state index in [0.717, 1.165) is 22.4 Å². The molecule has 3 aromatic carbocycles. The normalized spacial score (nSPS) is 10.6. The molecule has 0 aliphatic carbocycles. The molecule has 172 valence electrons. The summed E-state index contributed by atoms with van der Waals surface area (Å²) in [6.45, 7) is 4.42. The van der Waals surface area contributed by atoms with Gasteiger partial charge in [-0.05, 0) is 53.6 Å². The zero-order valence-electron chi connectivity index (χ0n) is 18.9. The monoisotopic (exact) mass is 472 g/mol. The number of rotatable bonds is 8. The minimum atomic E-state index is -0.261. The first-order valence-electron chi connectivity index (χ1n) is 10.7. The second-order valence-electron chi connectivity index (χ2n) is 7.71. The summed E-state index contributed by atoms with van der Waals surface area (Å²) in [7, 11) is 0. The summed E-state index contributed by atoms with van der Waals surface area (Å²) in [5.41, 5.74) is 4.89. The number of hydrogen-bond donors (Lipinski definition) is 2. The van der Waals surface area contributed by atoms with E-state index in [2.05, 4.69) is 32.2 Å². The van der Waals surface area contributed by atoms with Gasteiger partial charge < -0.3 is 10.6 Å². The van der Waals surface area contributed by atoms with E-state index < -0.39 is 0 Å². The molecular formula is C25H24N6O2S. The van der Waals surface area contributed by atoms with Crippen LogP contribution in [0.25, 0.3) is 5.69 Å². The lowest BCUT2D eigenvalue weighted by Gasteiger charge is -2.12. The number of aromatic nitrogens is 4. The first-order valence-corrected chi connectivity index (χ1v) is 11.7. The van der Waals surface area contributed by atoms with Gasteiger partial charge in [-0.15, -0.1) is 5.10 Å². The topological polar surface area (TPSA) is 102 Å². The second-order valence-corrected chi connectivity index (χ2v) is 8.66. The SMILES string of the molecule is Cc1ccc(-n2nnnc2SCC(=O)Nc2ccccc2C(=O)NCc2ccccc2)c(C)c1. The lowest BCUT2D eigenvalue weighted by molar-refractivity contribution is -0.113. The molecule has 0 saturated carbocycles. The van der Waals surface area contributed by atoms with Gasteiger partial charge in [-0.2, -0.15) is 4.68 Å². The van der Waals surface area contributed by atoms with Crippen LogP contribution in [-0.4, -0.2) is 37.8 Å². The fraction of sp³-hybridized carbons (Fsp3) is 0.160. The Balaban J connectivity index is 1.39. The number of carbonyl (C=O) groups excluding carboxylic acids is 2. The van der Waals surface area contributed by atoms with Crippen molar-refractivity contribution in [3.63, 3.8) is 0 Å². The van der Waals surface area contributed by atoms with E-state index in [0.29, 0.717) is 23.0 Å². The summed E-state index contributed by atoms with van der Waals surface area (Å²) < 4.78 is 1.62. The summed E-state index contributed by atoms with van der Waals surface area (Å²) in [5.74, 6) is -0.430. The molecule has 2 amide bonds. The number of anilines is 1. The molecule has 4 aromatic rings. The Kier molecular flexibility index (Phi) is 7.34. The molecule has 34 heavy (non-hydrogen) atoms. The van der Waals surface area contributed by atoms with Crippen LogP contribution in [0, 0.1) is 13.8 Å². The zero-order chi connectivity index (χ0) is 23.9. The summed E-state index contributed by atoms with van der Waals surface area (Å²) in [6.07, 6.45) is 0.